The molecule has 6 heteroatoms. The van der Waals surface area contributed by atoms with Crippen LogP contribution in [-0.4, -0.2) is 62.4 Å². The summed E-state index contributed by atoms with van der Waals surface area (Å²) in [5.74, 6) is 0.647. The summed E-state index contributed by atoms with van der Waals surface area (Å²) in [6, 6.07) is 12.4. The Labute approximate surface area is 165 Å². The van der Waals surface area contributed by atoms with Crippen molar-refractivity contribution >= 4 is 5.78 Å². The highest BCUT2D eigenvalue weighted by molar-refractivity contribution is 6.00. The van der Waals surface area contributed by atoms with Crippen LogP contribution in [0.2, 0.25) is 0 Å². The largest absolute Gasteiger partial charge is 0.493 e. The highest BCUT2D eigenvalue weighted by atomic mass is 16.5. The van der Waals surface area contributed by atoms with E-state index in [0.29, 0.717) is 43.4 Å². The van der Waals surface area contributed by atoms with E-state index in [9.17, 15) is 9.90 Å². The number of methoxy groups -OCH3 is 2. The molecule has 0 radical (unpaired) electrons. The van der Waals surface area contributed by atoms with Gasteiger partial charge in [-0.2, -0.15) is 0 Å². The minimum absolute atomic E-state index is 0.349. The number of carbonyl (C=O) groups excluding carboxylic acids is 1. The van der Waals surface area contributed by atoms with Crippen LogP contribution in [0.1, 0.15) is 27.5 Å². The molecule has 0 unspecified atom stereocenters. The molecule has 1 heterocycles. The number of ketones is 1. The Bertz CT molecular complexity index is 799. The zero-order chi connectivity index (χ0) is 20.1. The molecule has 2 atom stereocenters. The van der Waals surface area contributed by atoms with Crippen molar-refractivity contribution in [1.29, 1.82) is 0 Å². The van der Waals surface area contributed by atoms with Crippen LogP contribution in [0.4, 0.5) is 0 Å². The van der Waals surface area contributed by atoms with E-state index in [1.807, 2.05) is 31.2 Å². The smallest absolute Gasteiger partial charge is 0.193 e. The van der Waals surface area contributed by atoms with E-state index < -0.39 is 12.1 Å². The van der Waals surface area contributed by atoms with Gasteiger partial charge in [0.1, 0.15) is 6.10 Å². The summed E-state index contributed by atoms with van der Waals surface area (Å²) in [7, 11) is 3.06. The summed E-state index contributed by atoms with van der Waals surface area (Å²) in [6.07, 6.45) is -1.21. The number of morpholine rings is 1. The van der Waals surface area contributed by atoms with Gasteiger partial charge in [-0.05, 0) is 30.7 Å². The Balaban J connectivity index is 1.92. The van der Waals surface area contributed by atoms with Crippen molar-refractivity contribution in [2.75, 3.05) is 40.5 Å². The van der Waals surface area contributed by atoms with Gasteiger partial charge in [-0.15, -0.1) is 0 Å². The van der Waals surface area contributed by atoms with E-state index in [0.717, 1.165) is 11.1 Å². The molecule has 3 rings (SSSR count). The molecule has 0 aliphatic carbocycles. The molecule has 1 N–H and O–H groups in total. The van der Waals surface area contributed by atoms with Crippen LogP contribution in [0.15, 0.2) is 42.5 Å². The van der Waals surface area contributed by atoms with Crippen molar-refractivity contribution in [3.05, 3.63) is 59.2 Å². The van der Waals surface area contributed by atoms with Crippen molar-refractivity contribution in [1.82, 2.24) is 4.90 Å². The van der Waals surface area contributed by atoms with E-state index in [1.165, 1.54) is 7.11 Å². The third kappa shape index (κ3) is 4.35. The van der Waals surface area contributed by atoms with Gasteiger partial charge >= 0.3 is 0 Å². The molecule has 1 aliphatic heterocycles. The number of nitrogens with zero attached hydrogens (tertiary/aromatic N) is 1. The van der Waals surface area contributed by atoms with Gasteiger partial charge in [0.2, 0.25) is 0 Å². The predicted molar refractivity (Wildman–Crippen MR) is 106 cm³/mol. The lowest BCUT2D eigenvalue weighted by molar-refractivity contribution is -0.0173. The van der Waals surface area contributed by atoms with Gasteiger partial charge in [0.15, 0.2) is 17.3 Å². The fraction of sp³-hybridized carbons (Fsp3) is 0.409. The lowest BCUT2D eigenvalue weighted by Crippen LogP contribution is -2.46. The maximum atomic E-state index is 13.1. The normalized spacial score (nSPS) is 17.0. The van der Waals surface area contributed by atoms with Crippen LogP contribution in [0.5, 0.6) is 11.5 Å². The average Bonchev–Trinajstić information content (AvgIpc) is 2.74. The number of carbonyl (C=O) groups is 1. The molecule has 0 saturated carbocycles. The van der Waals surface area contributed by atoms with Gasteiger partial charge in [-0.1, -0.05) is 29.8 Å². The summed E-state index contributed by atoms with van der Waals surface area (Å²) in [5.41, 5.74) is 2.43. The van der Waals surface area contributed by atoms with Crippen LogP contribution in [0.25, 0.3) is 0 Å². The summed E-state index contributed by atoms with van der Waals surface area (Å²) >= 11 is 0. The highest BCUT2D eigenvalue weighted by Gasteiger charge is 2.34. The van der Waals surface area contributed by atoms with Crippen molar-refractivity contribution in [3.8, 4) is 11.5 Å². The number of benzene rings is 2. The van der Waals surface area contributed by atoms with E-state index in [-0.39, 0.29) is 5.78 Å². The molecule has 1 aliphatic rings. The summed E-state index contributed by atoms with van der Waals surface area (Å²) in [6.45, 7) is 4.50. The zero-order valence-corrected chi connectivity index (χ0v) is 16.6. The third-order valence-corrected chi connectivity index (χ3v) is 5.09. The van der Waals surface area contributed by atoms with Crippen molar-refractivity contribution in [2.24, 2.45) is 0 Å². The molecule has 2 aromatic rings. The lowest BCUT2D eigenvalue weighted by atomic mass is 9.92. The second-order valence-electron chi connectivity index (χ2n) is 6.88. The number of aliphatic hydroxyl groups is 1. The van der Waals surface area contributed by atoms with Crippen molar-refractivity contribution in [3.63, 3.8) is 0 Å². The van der Waals surface area contributed by atoms with E-state index in [4.69, 9.17) is 14.2 Å². The number of aliphatic hydroxyl groups excluding tert-OH is 1. The molecule has 28 heavy (non-hydrogen) atoms. The quantitative estimate of drug-likeness (QED) is 0.739. The second-order valence-corrected chi connectivity index (χ2v) is 6.88. The Hall–Kier alpha value is -2.41. The molecule has 150 valence electrons. The van der Waals surface area contributed by atoms with Crippen LogP contribution < -0.4 is 9.47 Å². The lowest BCUT2D eigenvalue weighted by Gasteiger charge is -2.37. The van der Waals surface area contributed by atoms with Crippen molar-refractivity contribution < 1.29 is 24.1 Å². The predicted octanol–water partition coefficient (Wildman–Crippen LogP) is 2.63. The van der Waals surface area contributed by atoms with Gasteiger partial charge in [-0.25, -0.2) is 0 Å². The summed E-state index contributed by atoms with van der Waals surface area (Å²) < 4.78 is 16.0. The van der Waals surface area contributed by atoms with Gasteiger partial charge < -0.3 is 19.3 Å². The zero-order valence-electron chi connectivity index (χ0n) is 16.6. The molecular formula is C22H27NO5. The molecule has 6 nitrogen and oxygen atoms in total. The number of Topliss-reactive ketones (excluding diaryl/α,β-unsaturated/α-hetero) is 1. The molecule has 1 saturated heterocycles. The molecule has 0 aromatic heterocycles. The van der Waals surface area contributed by atoms with Crippen LogP contribution in [0, 0.1) is 6.92 Å². The number of rotatable bonds is 7. The number of hydrogen-bond acceptors (Lipinski definition) is 6. The molecule has 2 aromatic carbocycles. The fourth-order valence-electron chi connectivity index (χ4n) is 3.52. The first kappa shape index (κ1) is 20.3. The van der Waals surface area contributed by atoms with E-state index >= 15 is 0 Å². The third-order valence-electron chi connectivity index (χ3n) is 5.09. The molecule has 0 bridgehead atoms. The van der Waals surface area contributed by atoms with Crippen molar-refractivity contribution in [2.45, 2.75) is 19.1 Å². The number of aryl methyl sites for hydroxylation is 1. The first-order valence-corrected chi connectivity index (χ1v) is 9.38. The monoisotopic (exact) mass is 385 g/mol. The second kappa shape index (κ2) is 9.19. The number of hydrogen-bond donors (Lipinski definition) is 1. The fourth-order valence-corrected chi connectivity index (χ4v) is 3.52. The molecule has 1 fully saturated rings. The van der Waals surface area contributed by atoms with Gasteiger partial charge in [0.05, 0.1) is 33.5 Å². The Morgan fingerprint density at radius 3 is 2.29 bits per heavy atom. The molecule has 0 amide bonds. The molecule has 0 spiro atoms. The highest BCUT2D eigenvalue weighted by Crippen LogP contribution is 2.31. The summed E-state index contributed by atoms with van der Waals surface area (Å²) in [4.78, 5) is 15.2. The molecular weight excluding hydrogens is 358 g/mol. The minimum atomic E-state index is -1.21. The van der Waals surface area contributed by atoms with E-state index in [2.05, 4.69) is 4.90 Å². The topological polar surface area (TPSA) is 68.2 Å². The minimum Gasteiger partial charge on any atom is -0.493 e. The van der Waals surface area contributed by atoms with Crippen LogP contribution in [0.3, 0.4) is 0 Å². The summed E-state index contributed by atoms with van der Waals surface area (Å²) in [5, 5.41) is 11.1. The average molecular weight is 385 g/mol. The van der Waals surface area contributed by atoms with Crippen LogP contribution >= 0.6 is 0 Å². The van der Waals surface area contributed by atoms with E-state index in [1.54, 1.807) is 25.3 Å². The maximum absolute atomic E-state index is 13.1. The van der Waals surface area contributed by atoms with Gasteiger partial charge in [0.25, 0.3) is 0 Å². The Morgan fingerprint density at radius 1 is 1.04 bits per heavy atom. The first-order valence-electron chi connectivity index (χ1n) is 9.38. The van der Waals surface area contributed by atoms with Crippen LogP contribution in [-0.2, 0) is 4.74 Å². The Morgan fingerprint density at radius 2 is 1.68 bits per heavy atom. The van der Waals surface area contributed by atoms with Gasteiger partial charge in [0, 0.05) is 18.7 Å². The SMILES string of the molecule is COc1ccc(C(=O)[C@@H](O)[C@H](c2ccc(C)cc2)N2CCOCC2)cc1OC. The Kier molecular flexibility index (Phi) is 6.67. The standard InChI is InChI=1S/C22H27NO5/c1-15-4-6-16(7-5-15)20(23-10-12-28-13-11-23)22(25)21(24)17-8-9-18(26-2)19(14-17)27-3/h4-9,14,20,22,25H,10-13H2,1-3H3/t20-,22-/m0/s1. The maximum Gasteiger partial charge on any atom is 0.193 e. The first-order chi connectivity index (χ1) is 13.5. The number of ether oxygens (including phenoxy) is 3. The van der Waals surface area contributed by atoms with Gasteiger partial charge in [-0.3, -0.25) is 9.69 Å².